The second kappa shape index (κ2) is 6.18. The fraction of sp³-hybridized carbons (Fsp3) is 0.600. The first-order valence-corrected chi connectivity index (χ1v) is 6.77. The van der Waals surface area contributed by atoms with Crippen LogP contribution < -0.4 is 5.73 Å². The summed E-state index contributed by atoms with van der Waals surface area (Å²) in [5, 5.41) is 0. The van der Waals surface area contributed by atoms with Crippen molar-refractivity contribution in [2.45, 2.75) is 38.8 Å². The molecule has 17 heavy (non-hydrogen) atoms. The van der Waals surface area contributed by atoms with Crippen molar-refractivity contribution in [1.82, 2.24) is 4.90 Å². The van der Waals surface area contributed by atoms with E-state index in [-0.39, 0.29) is 0 Å². The lowest BCUT2D eigenvalue weighted by atomic mass is 10.1. The van der Waals surface area contributed by atoms with Crippen LogP contribution in [0.25, 0.3) is 0 Å². The molecule has 1 aliphatic carbocycles. The zero-order valence-electron chi connectivity index (χ0n) is 10.8. The third kappa shape index (κ3) is 4.14. The Morgan fingerprint density at radius 2 is 2.00 bits per heavy atom. The van der Waals surface area contributed by atoms with E-state index in [1.54, 1.807) is 0 Å². The van der Waals surface area contributed by atoms with Crippen LogP contribution in [0.4, 0.5) is 0 Å². The van der Waals surface area contributed by atoms with E-state index in [1.165, 1.54) is 24.8 Å². The number of hydrogen-bond acceptors (Lipinski definition) is 2. The van der Waals surface area contributed by atoms with Crippen molar-refractivity contribution in [3.63, 3.8) is 0 Å². The molecule has 1 aromatic rings. The average molecular weight is 232 g/mol. The van der Waals surface area contributed by atoms with Gasteiger partial charge in [0.15, 0.2) is 0 Å². The Hall–Kier alpha value is -0.860. The Morgan fingerprint density at radius 1 is 1.29 bits per heavy atom. The highest BCUT2D eigenvalue weighted by Gasteiger charge is 2.26. The molecule has 2 nitrogen and oxygen atoms in total. The molecule has 1 aromatic carbocycles. The predicted octanol–water partition coefficient (Wildman–Crippen LogP) is 2.64. The summed E-state index contributed by atoms with van der Waals surface area (Å²) >= 11 is 0. The van der Waals surface area contributed by atoms with E-state index in [0.717, 1.165) is 25.6 Å². The summed E-state index contributed by atoms with van der Waals surface area (Å²) in [5.74, 6) is 0.987. The number of hydrogen-bond donors (Lipinski definition) is 1. The molecule has 0 spiro atoms. The summed E-state index contributed by atoms with van der Waals surface area (Å²) in [6, 6.07) is 11.4. The minimum atomic E-state index is 0.659. The molecule has 0 aromatic heterocycles. The number of rotatable bonds is 7. The summed E-state index contributed by atoms with van der Waals surface area (Å²) in [5.41, 5.74) is 7.12. The van der Waals surface area contributed by atoms with Crippen molar-refractivity contribution in [2.75, 3.05) is 13.1 Å². The summed E-state index contributed by atoms with van der Waals surface area (Å²) < 4.78 is 0. The second-order valence-corrected chi connectivity index (χ2v) is 5.27. The van der Waals surface area contributed by atoms with Gasteiger partial charge in [0.2, 0.25) is 0 Å². The molecule has 1 aliphatic rings. The molecule has 0 saturated heterocycles. The largest absolute Gasteiger partial charge is 0.329 e. The van der Waals surface area contributed by atoms with E-state index < -0.39 is 0 Å². The molecule has 2 N–H and O–H groups in total. The van der Waals surface area contributed by atoms with Gasteiger partial charge in [-0.1, -0.05) is 43.2 Å². The Bertz CT molecular complexity index is 319. The third-order valence-corrected chi connectivity index (χ3v) is 3.64. The molecule has 2 heteroatoms. The zero-order valence-corrected chi connectivity index (χ0v) is 10.8. The smallest absolute Gasteiger partial charge is 0.0237 e. The normalized spacial score (nSPS) is 17.4. The van der Waals surface area contributed by atoms with Crippen LogP contribution in [-0.2, 0) is 6.54 Å². The maximum atomic E-state index is 5.73. The molecule has 94 valence electrons. The minimum absolute atomic E-state index is 0.659. The van der Waals surface area contributed by atoms with Crippen molar-refractivity contribution in [3.8, 4) is 0 Å². The summed E-state index contributed by atoms with van der Waals surface area (Å²) in [6.45, 7) is 5.13. The lowest BCUT2D eigenvalue weighted by Gasteiger charge is -2.28. The van der Waals surface area contributed by atoms with Crippen LogP contribution in [0.2, 0.25) is 0 Å². The van der Waals surface area contributed by atoms with Crippen molar-refractivity contribution in [1.29, 1.82) is 0 Å². The summed E-state index contributed by atoms with van der Waals surface area (Å²) in [6.07, 6.45) is 4.21. The number of nitrogens with zero attached hydrogens (tertiary/aromatic N) is 1. The highest BCUT2D eigenvalue weighted by atomic mass is 15.2. The van der Waals surface area contributed by atoms with Gasteiger partial charge in [0.05, 0.1) is 0 Å². The highest BCUT2D eigenvalue weighted by molar-refractivity contribution is 5.14. The van der Waals surface area contributed by atoms with E-state index in [4.69, 9.17) is 5.73 Å². The molecule has 0 aliphatic heterocycles. The van der Waals surface area contributed by atoms with Crippen LogP contribution in [0.5, 0.6) is 0 Å². The van der Waals surface area contributed by atoms with Crippen molar-refractivity contribution < 1.29 is 0 Å². The first-order valence-electron chi connectivity index (χ1n) is 6.77. The molecule has 1 atom stereocenters. The molecule has 0 amide bonds. The van der Waals surface area contributed by atoms with Gasteiger partial charge in [-0.3, -0.25) is 4.90 Å². The van der Waals surface area contributed by atoms with E-state index in [9.17, 15) is 0 Å². The Morgan fingerprint density at radius 3 is 2.59 bits per heavy atom. The van der Waals surface area contributed by atoms with Gasteiger partial charge in [-0.15, -0.1) is 0 Å². The predicted molar refractivity (Wildman–Crippen MR) is 72.7 cm³/mol. The molecule has 2 rings (SSSR count). The molecular weight excluding hydrogens is 208 g/mol. The van der Waals surface area contributed by atoms with Gasteiger partial charge in [-0.25, -0.2) is 0 Å². The molecule has 1 fully saturated rings. The van der Waals surface area contributed by atoms with Crippen LogP contribution in [0.3, 0.4) is 0 Å². The molecular formula is C15H24N2. The topological polar surface area (TPSA) is 29.3 Å². The first kappa shape index (κ1) is 12.6. The molecule has 1 saturated carbocycles. The Labute approximate surface area is 105 Å². The fourth-order valence-corrected chi connectivity index (χ4v) is 2.42. The SMILES string of the molecule is CC(CC1CC1)N(CCN)Cc1ccccc1. The van der Waals surface area contributed by atoms with Gasteiger partial charge >= 0.3 is 0 Å². The van der Waals surface area contributed by atoms with Crippen LogP contribution in [0.1, 0.15) is 31.7 Å². The van der Waals surface area contributed by atoms with Gasteiger partial charge in [0, 0.05) is 25.7 Å². The standard InChI is InChI=1S/C15H24N2/c1-13(11-14-7-8-14)17(10-9-16)12-15-5-3-2-4-6-15/h2-6,13-14H,7-12,16H2,1H3. The number of nitrogens with two attached hydrogens (primary N) is 1. The van der Waals surface area contributed by atoms with Gasteiger partial charge < -0.3 is 5.73 Å². The quantitative estimate of drug-likeness (QED) is 0.783. The molecule has 1 unspecified atom stereocenters. The van der Waals surface area contributed by atoms with Gasteiger partial charge in [0.1, 0.15) is 0 Å². The summed E-state index contributed by atoms with van der Waals surface area (Å²) in [4.78, 5) is 2.52. The molecule has 0 radical (unpaired) electrons. The van der Waals surface area contributed by atoms with Gasteiger partial charge in [-0.2, -0.15) is 0 Å². The molecule has 0 bridgehead atoms. The van der Waals surface area contributed by atoms with Crippen molar-refractivity contribution in [3.05, 3.63) is 35.9 Å². The van der Waals surface area contributed by atoms with Crippen LogP contribution in [0.15, 0.2) is 30.3 Å². The number of benzene rings is 1. The first-order chi connectivity index (χ1) is 8.29. The molecule has 0 heterocycles. The zero-order chi connectivity index (χ0) is 12.1. The minimum Gasteiger partial charge on any atom is -0.329 e. The van der Waals surface area contributed by atoms with Crippen LogP contribution in [0, 0.1) is 5.92 Å². The lowest BCUT2D eigenvalue weighted by Crippen LogP contribution is -2.36. The van der Waals surface area contributed by atoms with Gasteiger partial charge in [0.25, 0.3) is 0 Å². The second-order valence-electron chi connectivity index (χ2n) is 5.27. The van der Waals surface area contributed by atoms with E-state index in [2.05, 4.69) is 42.2 Å². The Kier molecular flexibility index (Phi) is 4.57. The maximum absolute atomic E-state index is 5.73. The Balaban J connectivity index is 1.90. The maximum Gasteiger partial charge on any atom is 0.0237 e. The van der Waals surface area contributed by atoms with E-state index >= 15 is 0 Å². The monoisotopic (exact) mass is 232 g/mol. The average Bonchev–Trinajstić information content (AvgIpc) is 3.14. The van der Waals surface area contributed by atoms with E-state index in [0.29, 0.717) is 6.04 Å². The van der Waals surface area contributed by atoms with Crippen molar-refractivity contribution in [2.24, 2.45) is 11.7 Å². The fourth-order valence-electron chi connectivity index (χ4n) is 2.42. The van der Waals surface area contributed by atoms with E-state index in [1.807, 2.05) is 0 Å². The van der Waals surface area contributed by atoms with Crippen LogP contribution >= 0.6 is 0 Å². The third-order valence-electron chi connectivity index (χ3n) is 3.64. The summed E-state index contributed by atoms with van der Waals surface area (Å²) in [7, 11) is 0. The van der Waals surface area contributed by atoms with Crippen LogP contribution in [-0.4, -0.2) is 24.0 Å². The van der Waals surface area contributed by atoms with Gasteiger partial charge in [-0.05, 0) is 24.8 Å². The lowest BCUT2D eigenvalue weighted by molar-refractivity contribution is 0.190. The highest BCUT2D eigenvalue weighted by Crippen LogP contribution is 2.34. The van der Waals surface area contributed by atoms with Crippen molar-refractivity contribution >= 4 is 0 Å².